The molecule has 1 amide bonds. The Morgan fingerprint density at radius 3 is 2.25 bits per heavy atom. The number of benzene rings is 2. The standard InChI is InChI=1S/C20H23NO3/c1-15-3-7-17(8-4-15)21-19(22)20(11-13-24-14-12-20)16-5-9-18(23-2)10-6-16/h3-10H,11-14H2,1-2H3,(H,21,22). The summed E-state index contributed by atoms with van der Waals surface area (Å²) in [5, 5.41) is 3.08. The van der Waals surface area contributed by atoms with Gasteiger partial charge in [0.1, 0.15) is 5.75 Å². The Kier molecular flexibility index (Phi) is 4.86. The summed E-state index contributed by atoms with van der Waals surface area (Å²) in [4.78, 5) is 13.1. The Hall–Kier alpha value is -2.33. The monoisotopic (exact) mass is 325 g/mol. The maximum Gasteiger partial charge on any atom is 0.235 e. The largest absolute Gasteiger partial charge is 0.497 e. The molecule has 0 atom stereocenters. The molecule has 0 radical (unpaired) electrons. The molecule has 0 aromatic heterocycles. The first-order chi connectivity index (χ1) is 11.6. The second-order valence-corrected chi connectivity index (χ2v) is 6.24. The second kappa shape index (κ2) is 7.05. The topological polar surface area (TPSA) is 47.6 Å². The van der Waals surface area contributed by atoms with Gasteiger partial charge in [-0.3, -0.25) is 4.79 Å². The Bertz CT molecular complexity index is 686. The van der Waals surface area contributed by atoms with Crippen molar-refractivity contribution in [3.05, 3.63) is 59.7 Å². The quantitative estimate of drug-likeness (QED) is 0.932. The highest BCUT2D eigenvalue weighted by molar-refractivity contribution is 5.99. The Morgan fingerprint density at radius 1 is 1.04 bits per heavy atom. The molecule has 1 heterocycles. The van der Waals surface area contributed by atoms with Crippen LogP contribution in [0.4, 0.5) is 5.69 Å². The van der Waals surface area contributed by atoms with E-state index >= 15 is 0 Å². The van der Waals surface area contributed by atoms with Gasteiger partial charge in [-0.25, -0.2) is 0 Å². The number of methoxy groups -OCH3 is 1. The third-order valence-corrected chi connectivity index (χ3v) is 4.73. The normalized spacial score (nSPS) is 16.4. The number of anilines is 1. The van der Waals surface area contributed by atoms with Crippen molar-refractivity contribution in [1.82, 2.24) is 0 Å². The number of hydrogen-bond acceptors (Lipinski definition) is 3. The van der Waals surface area contributed by atoms with Crippen LogP contribution in [0.3, 0.4) is 0 Å². The molecule has 2 aromatic rings. The van der Waals surface area contributed by atoms with Crippen molar-refractivity contribution >= 4 is 11.6 Å². The minimum absolute atomic E-state index is 0.0276. The molecule has 1 aliphatic rings. The lowest BCUT2D eigenvalue weighted by Gasteiger charge is -2.36. The smallest absolute Gasteiger partial charge is 0.235 e. The second-order valence-electron chi connectivity index (χ2n) is 6.24. The summed E-state index contributed by atoms with van der Waals surface area (Å²) >= 11 is 0. The fraction of sp³-hybridized carbons (Fsp3) is 0.350. The first-order valence-electron chi connectivity index (χ1n) is 8.24. The minimum atomic E-state index is -0.560. The van der Waals surface area contributed by atoms with Crippen molar-refractivity contribution in [3.63, 3.8) is 0 Å². The van der Waals surface area contributed by atoms with E-state index in [2.05, 4.69) is 5.32 Å². The molecular formula is C20H23NO3. The van der Waals surface area contributed by atoms with Crippen molar-refractivity contribution in [2.75, 3.05) is 25.6 Å². The van der Waals surface area contributed by atoms with Gasteiger partial charge in [-0.2, -0.15) is 0 Å². The molecule has 3 rings (SSSR count). The number of ether oxygens (including phenoxy) is 2. The van der Waals surface area contributed by atoms with Gasteiger partial charge >= 0.3 is 0 Å². The van der Waals surface area contributed by atoms with Crippen LogP contribution in [-0.4, -0.2) is 26.2 Å². The summed E-state index contributed by atoms with van der Waals surface area (Å²) in [6, 6.07) is 15.7. The molecule has 1 saturated heterocycles. The van der Waals surface area contributed by atoms with Gasteiger partial charge in [-0.05, 0) is 49.6 Å². The van der Waals surface area contributed by atoms with E-state index in [-0.39, 0.29) is 5.91 Å². The molecule has 2 aromatic carbocycles. The van der Waals surface area contributed by atoms with Crippen molar-refractivity contribution in [3.8, 4) is 5.75 Å². The van der Waals surface area contributed by atoms with Crippen LogP contribution >= 0.6 is 0 Å². The van der Waals surface area contributed by atoms with Crippen LogP contribution < -0.4 is 10.1 Å². The van der Waals surface area contributed by atoms with Gasteiger partial charge in [0.05, 0.1) is 12.5 Å². The Morgan fingerprint density at radius 2 is 1.67 bits per heavy atom. The molecule has 4 heteroatoms. The summed E-state index contributed by atoms with van der Waals surface area (Å²) in [5.41, 5.74) is 2.44. The lowest BCUT2D eigenvalue weighted by atomic mass is 9.73. The molecule has 0 bridgehead atoms. The third-order valence-electron chi connectivity index (χ3n) is 4.73. The number of aryl methyl sites for hydroxylation is 1. The average Bonchev–Trinajstić information content (AvgIpc) is 2.64. The van der Waals surface area contributed by atoms with E-state index in [4.69, 9.17) is 9.47 Å². The summed E-state index contributed by atoms with van der Waals surface area (Å²) < 4.78 is 10.7. The summed E-state index contributed by atoms with van der Waals surface area (Å²) in [5.74, 6) is 0.819. The van der Waals surface area contributed by atoms with Crippen LogP contribution in [0.1, 0.15) is 24.0 Å². The van der Waals surface area contributed by atoms with Gasteiger partial charge in [-0.1, -0.05) is 29.8 Å². The van der Waals surface area contributed by atoms with Crippen molar-refractivity contribution in [2.24, 2.45) is 0 Å². The van der Waals surface area contributed by atoms with Crippen LogP contribution in [0.25, 0.3) is 0 Å². The molecular weight excluding hydrogens is 302 g/mol. The molecule has 0 saturated carbocycles. The van der Waals surface area contributed by atoms with Crippen LogP contribution in [0.5, 0.6) is 5.75 Å². The maximum absolute atomic E-state index is 13.1. The highest BCUT2D eigenvalue weighted by Crippen LogP contribution is 2.37. The molecule has 1 aliphatic heterocycles. The minimum Gasteiger partial charge on any atom is -0.497 e. The van der Waals surface area contributed by atoms with Crippen molar-refractivity contribution in [1.29, 1.82) is 0 Å². The Balaban J connectivity index is 1.89. The van der Waals surface area contributed by atoms with E-state index < -0.39 is 5.41 Å². The lowest BCUT2D eigenvalue weighted by Crippen LogP contribution is -2.44. The van der Waals surface area contributed by atoms with Crippen LogP contribution in [0.15, 0.2) is 48.5 Å². The number of carbonyl (C=O) groups is 1. The zero-order chi connectivity index (χ0) is 17.0. The highest BCUT2D eigenvalue weighted by atomic mass is 16.5. The summed E-state index contributed by atoms with van der Waals surface area (Å²) in [6.45, 7) is 3.21. The van der Waals surface area contributed by atoms with E-state index in [1.165, 1.54) is 5.56 Å². The molecule has 4 nitrogen and oxygen atoms in total. The van der Waals surface area contributed by atoms with Gasteiger partial charge in [-0.15, -0.1) is 0 Å². The molecule has 0 unspecified atom stereocenters. The van der Waals surface area contributed by atoms with E-state index in [9.17, 15) is 4.79 Å². The highest BCUT2D eigenvalue weighted by Gasteiger charge is 2.41. The molecule has 1 N–H and O–H groups in total. The van der Waals surface area contributed by atoms with E-state index in [0.29, 0.717) is 26.1 Å². The van der Waals surface area contributed by atoms with E-state index in [1.807, 2.05) is 55.5 Å². The predicted molar refractivity (Wildman–Crippen MR) is 94.5 cm³/mol. The fourth-order valence-electron chi connectivity index (χ4n) is 3.16. The first kappa shape index (κ1) is 16.5. The van der Waals surface area contributed by atoms with Gasteiger partial charge < -0.3 is 14.8 Å². The van der Waals surface area contributed by atoms with Crippen LogP contribution in [0, 0.1) is 6.92 Å². The van der Waals surface area contributed by atoms with Gasteiger partial charge in [0.15, 0.2) is 0 Å². The van der Waals surface area contributed by atoms with Gasteiger partial charge in [0.25, 0.3) is 0 Å². The molecule has 1 fully saturated rings. The number of carbonyl (C=O) groups excluding carboxylic acids is 1. The number of rotatable bonds is 4. The van der Waals surface area contributed by atoms with E-state index in [1.54, 1.807) is 7.11 Å². The van der Waals surface area contributed by atoms with Crippen molar-refractivity contribution in [2.45, 2.75) is 25.2 Å². The van der Waals surface area contributed by atoms with Gasteiger partial charge in [0, 0.05) is 18.9 Å². The molecule has 24 heavy (non-hydrogen) atoms. The lowest BCUT2D eigenvalue weighted by molar-refractivity contribution is -0.125. The van der Waals surface area contributed by atoms with E-state index in [0.717, 1.165) is 17.0 Å². The zero-order valence-corrected chi connectivity index (χ0v) is 14.2. The molecule has 0 spiro atoms. The first-order valence-corrected chi connectivity index (χ1v) is 8.24. The number of amides is 1. The Labute approximate surface area is 142 Å². The maximum atomic E-state index is 13.1. The van der Waals surface area contributed by atoms with Gasteiger partial charge in [0.2, 0.25) is 5.91 Å². The number of nitrogens with one attached hydrogen (secondary N) is 1. The average molecular weight is 325 g/mol. The number of hydrogen-bond donors (Lipinski definition) is 1. The summed E-state index contributed by atoms with van der Waals surface area (Å²) in [6.07, 6.45) is 1.36. The SMILES string of the molecule is COc1ccc(C2(C(=O)Nc3ccc(C)cc3)CCOCC2)cc1. The third kappa shape index (κ3) is 3.29. The predicted octanol–water partition coefficient (Wildman–Crippen LogP) is 3.69. The fourth-order valence-corrected chi connectivity index (χ4v) is 3.16. The van der Waals surface area contributed by atoms with Crippen LogP contribution in [-0.2, 0) is 14.9 Å². The molecule has 126 valence electrons. The summed E-state index contributed by atoms with van der Waals surface area (Å²) in [7, 11) is 1.64. The zero-order valence-electron chi connectivity index (χ0n) is 14.2. The van der Waals surface area contributed by atoms with Crippen LogP contribution in [0.2, 0.25) is 0 Å². The molecule has 0 aliphatic carbocycles. The van der Waals surface area contributed by atoms with Crippen molar-refractivity contribution < 1.29 is 14.3 Å².